The number of rotatable bonds is 5. The Morgan fingerprint density at radius 2 is 1.81 bits per heavy atom. The van der Waals surface area contributed by atoms with Gasteiger partial charge in [-0.25, -0.2) is 0 Å². The zero-order valence-electron chi connectivity index (χ0n) is 10.6. The van der Waals surface area contributed by atoms with Gasteiger partial charge in [-0.1, -0.05) is 6.07 Å². The molecule has 88 valence electrons. The molecule has 2 N–H and O–H groups in total. The van der Waals surface area contributed by atoms with E-state index in [1.165, 1.54) is 35.2 Å². The fraction of sp³-hybridized carbons (Fsp3) is 0.571. The molecule has 1 fully saturated rings. The largest absolute Gasteiger partial charge is 0.384 e. The van der Waals surface area contributed by atoms with Crippen molar-refractivity contribution < 1.29 is 0 Å². The minimum Gasteiger partial charge on any atom is -0.384 e. The number of hydrogen-bond acceptors (Lipinski definition) is 2. The molecule has 0 aliphatic heterocycles. The quantitative estimate of drug-likeness (QED) is 0.743. The van der Waals surface area contributed by atoms with E-state index >= 15 is 0 Å². The molecular weight excluding hydrogens is 196 g/mol. The van der Waals surface area contributed by atoms with E-state index in [0.717, 1.165) is 19.1 Å². The molecule has 2 nitrogen and oxygen atoms in total. The third-order valence-corrected chi connectivity index (χ3v) is 3.51. The molecule has 1 aromatic carbocycles. The molecule has 1 aromatic rings. The highest BCUT2D eigenvalue weighted by Crippen LogP contribution is 2.21. The number of hydrogen-bond donors (Lipinski definition) is 2. The lowest BCUT2D eigenvalue weighted by molar-refractivity contribution is 0.701. The van der Waals surface area contributed by atoms with Crippen molar-refractivity contribution in [2.75, 3.05) is 18.4 Å². The van der Waals surface area contributed by atoms with E-state index in [1.807, 2.05) is 0 Å². The average Bonchev–Trinajstić information content (AvgIpc) is 3.08. The van der Waals surface area contributed by atoms with E-state index in [9.17, 15) is 0 Å². The summed E-state index contributed by atoms with van der Waals surface area (Å²) in [5, 5.41) is 7.01. The van der Waals surface area contributed by atoms with Crippen molar-refractivity contribution >= 4 is 5.69 Å². The molecule has 0 saturated heterocycles. The van der Waals surface area contributed by atoms with E-state index in [4.69, 9.17) is 0 Å². The van der Waals surface area contributed by atoms with Gasteiger partial charge < -0.3 is 10.6 Å². The lowest BCUT2D eigenvalue weighted by atomic mass is 10.0. The van der Waals surface area contributed by atoms with Crippen LogP contribution >= 0.6 is 0 Å². The van der Waals surface area contributed by atoms with Crippen LogP contribution in [0.5, 0.6) is 0 Å². The van der Waals surface area contributed by atoms with Gasteiger partial charge in [0, 0.05) is 24.8 Å². The summed E-state index contributed by atoms with van der Waals surface area (Å²) in [6, 6.07) is 5.19. The van der Waals surface area contributed by atoms with Crippen LogP contribution in [0.3, 0.4) is 0 Å². The molecule has 1 saturated carbocycles. The van der Waals surface area contributed by atoms with Crippen LogP contribution in [0, 0.1) is 20.8 Å². The average molecular weight is 218 g/mol. The Balaban J connectivity index is 1.85. The predicted octanol–water partition coefficient (Wildman–Crippen LogP) is 2.78. The third-order valence-electron chi connectivity index (χ3n) is 3.51. The lowest BCUT2D eigenvalue weighted by Gasteiger charge is -2.13. The van der Waals surface area contributed by atoms with Crippen LogP contribution in [0.2, 0.25) is 0 Å². The molecule has 2 rings (SSSR count). The van der Waals surface area contributed by atoms with Crippen molar-refractivity contribution in [1.82, 2.24) is 5.32 Å². The Hall–Kier alpha value is -1.02. The van der Waals surface area contributed by atoms with Crippen molar-refractivity contribution in [2.24, 2.45) is 0 Å². The van der Waals surface area contributed by atoms with Gasteiger partial charge in [-0.3, -0.25) is 0 Å². The molecule has 0 aromatic heterocycles. The highest BCUT2D eigenvalue weighted by molar-refractivity contribution is 5.55. The van der Waals surface area contributed by atoms with Gasteiger partial charge >= 0.3 is 0 Å². The maximum absolute atomic E-state index is 3.51. The fourth-order valence-corrected chi connectivity index (χ4v) is 1.91. The van der Waals surface area contributed by atoms with Crippen molar-refractivity contribution in [3.05, 3.63) is 28.8 Å². The van der Waals surface area contributed by atoms with Gasteiger partial charge in [-0.05, 0) is 56.4 Å². The molecule has 1 aliphatic carbocycles. The van der Waals surface area contributed by atoms with E-state index in [-0.39, 0.29) is 0 Å². The van der Waals surface area contributed by atoms with E-state index < -0.39 is 0 Å². The Morgan fingerprint density at radius 3 is 2.50 bits per heavy atom. The molecule has 2 heteroatoms. The van der Waals surface area contributed by atoms with Crippen molar-refractivity contribution in [1.29, 1.82) is 0 Å². The summed E-state index contributed by atoms with van der Waals surface area (Å²) in [4.78, 5) is 0. The molecule has 0 radical (unpaired) electrons. The van der Waals surface area contributed by atoms with Crippen LogP contribution in [0.25, 0.3) is 0 Å². The smallest absolute Gasteiger partial charge is 0.0373 e. The second kappa shape index (κ2) is 4.88. The first-order valence-corrected chi connectivity index (χ1v) is 6.22. The van der Waals surface area contributed by atoms with Gasteiger partial charge in [-0.2, -0.15) is 0 Å². The maximum Gasteiger partial charge on any atom is 0.0373 e. The SMILES string of the molecule is Cc1ccc(NCCNC2CC2)c(C)c1C. The monoisotopic (exact) mass is 218 g/mol. The van der Waals surface area contributed by atoms with Gasteiger partial charge in [0.15, 0.2) is 0 Å². The van der Waals surface area contributed by atoms with E-state index in [0.29, 0.717) is 0 Å². The van der Waals surface area contributed by atoms with Crippen LogP contribution in [0.4, 0.5) is 5.69 Å². The number of anilines is 1. The van der Waals surface area contributed by atoms with Gasteiger partial charge in [0.05, 0.1) is 0 Å². The number of aryl methyl sites for hydroxylation is 1. The van der Waals surface area contributed by atoms with E-state index in [1.54, 1.807) is 0 Å². The van der Waals surface area contributed by atoms with Gasteiger partial charge in [-0.15, -0.1) is 0 Å². The van der Waals surface area contributed by atoms with Gasteiger partial charge in [0.25, 0.3) is 0 Å². The van der Waals surface area contributed by atoms with Crippen LogP contribution < -0.4 is 10.6 Å². The predicted molar refractivity (Wildman–Crippen MR) is 70.2 cm³/mol. The molecule has 0 amide bonds. The van der Waals surface area contributed by atoms with Crippen LogP contribution in [0.1, 0.15) is 29.5 Å². The van der Waals surface area contributed by atoms with Gasteiger partial charge in [0.1, 0.15) is 0 Å². The summed E-state index contributed by atoms with van der Waals surface area (Å²) < 4.78 is 0. The highest BCUT2D eigenvalue weighted by atomic mass is 15.0. The molecule has 0 heterocycles. The lowest BCUT2D eigenvalue weighted by Crippen LogP contribution is -2.24. The summed E-state index contributed by atoms with van der Waals surface area (Å²) >= 11 is 0. The summed E-state index contributed by atoms with van der Waals surface area (Å²) in [5.74, 6) is 0. The first kappa shape index (κ1) is 11.5. The summed E-state index contributed by atoms with van der Waals surface area (Å²) in [7, 11) is 0. The van der Waals surface area contributed by atoms with E-state index in [2.05, 4.69) is 43.5 Å². The van der Waals surface area contributed by atoms with Crippen LogP contribution in [-0.4, -0.2) is 19.1 Å². The Kier molecular flexibility index (Phi) is 3.49. The molecule has 0 atom stereocenters. The maximum atomic E-state index is 3.51. The standard InChI is InChI=1S/C14H22N2/c1-10-4-7-14(12(3)11(10)2)16-9-8-15-13-5-6-13/h4,7,13,15-16H,5-6,8-9H2,1-3H3. The first-order chi connectivity index (χ1) is 7.68. The number of benzene rings is 1. The van der Waals surface area contributed by atoms with Crippen molar-refractivity contribution in [2.45, 2.75) is 39.7 Å². The number of nitrogens with one attached hydrogen (secondary N) is 2. The fourth-order valence-electron chi connectivity index (χ4n) is 1.91. The Labute approximate surface area is 98.4 Å². The van der Waals surface area contributed by atoms with Crippen molar-refractivity contribution in [3.8, 4) is 0 Å². The molecule has 0 spiro atoms. The summed E-state index contributed by atoms with van der Waals surface area (Å²) in [5.41, 5.74) is 5.44. The Morgan fingerprint density at radius 1 is 1.06 bits per heavy atom. The van der Waals surface area contributed by atoms with Crippen LogP contribution in [0.15, 0.2) is 12.1 Å². The van der Waals surface area contributed by atoms with Crippen LogP contribution in [-0.2, 0) is 0 Å². The second-order valence-electron chi connectivity index (χ2n) is 4.84. The zero-order valence-corrected chi connectivity index (χ0v) is 10.6. The minimum absolute atomic E-state index is 0.808. The molecule has 16 heavy (non-hydrogen) atoms. The topological polar surface area (TPSA) is 24.1 Å². The zero-order chi connectivity index (χ0) is 11.5. The third kappa shape index (κ3) is 2.76. The molecular formula is C14H22N2. The first-order valence-electron chi connectivity index (χ1n) is 6.22. The second-order valence-corrected chi connectivity index (χ2v) is 4.84. The molecule has 0 unspecified atom stereocenters. The molecule has 1 aliphatic rings. The molecule has 0 bridgehead atoms. The van der Waals surface area contributed by atoms with Gasteiger partial charge in [0.2, 0.25) is 0 Å². The minimum atomic E-state index is 0.808. The Bertz CT molecular complexity index is 367. The van der Waals surface area contributed by atoms with Crippen molar-refractivity contribution in [3.63, 3.8) is 0 Å². The summed E-state index contributed by atoms with van der Waals surface area (Å²) in [6.07, 6.45) is 2.73. The summed E-state index contributed by atoms with van der Waals surface area (Å²) in [6.45, 7) is 8.63. The highest BCUT2D eigenvalue weighted by Gasteiger charge is 2.19. The normalized spacial score (nSPS) is 15.2.